The second-order valence-electron chi connectivity index (χ2n) is 4.35. The van der Waals surface area contributed by atoms with E-state index in [4.69, 9.17) is 0 Å². The molecule has 0 atom stereocenters. The normalized spacial score (nSPS) is 9.22. The average molecular weight is 284 g/mol. The number of hydrogen-bond donors (Lipinski definition) is 0. The predicted octanol–water partition coefficient (Wildman–Crippen LogP) is 5.10. The Bertz CT molecular complexity index is 339. The molecule has 1 heteroatoms. The van der Waals surface area contributed by atoms with Gasteiger partial charge in [0.25, 0.3) is 0 Å². The molecule has 0 saturated heterocycles. The van der Waals surface area contributed by atoms with Crippen molar-refractivity contribution in [1.29, 1.82) is 0 Å². The molecule has 106 valence electrons. The van der Waals surface area contributed by atoms with Crippen LogP contribution >= 0.6 is 0 Å². The van der Waals surface area contributed by atoms with Crippen LogP contribution in [0.15, 0.2) is 48.5 Å². The van der Waals surface area contributed by atoms with Crippen molar-refractivity contribution in [3.8, 4) is 0 Å². The van der Waals surface area contributed by atoms with Gasteiger partial charge in [-0.2, -0.15) is 17.2 Å². The fraction of sp³-hybridized carbons (Fsp3) is 0.412. The van der Waals surface area contributed by atoms with Crippen LogP contribution in [-0.2, 0) is 29.9 Å². The van der Waals surface area contributed by atoms with Crippen molar-refractivity contribution in [2.75, 3.05) is 0 Å². The van der Waals surface area contributed by atoms with Crippen molar-refractivity contribution >= 4 is 0 Å². The zero-order chi connectivity index (χ0) is 12.3. The Morgan fingerprint density at radius 2 is 1.61 bits per heavy atom. The number of rotatable bonds is 5. The molecule has 0 aliphatic heterocycles. The van der Waals surface area contributed by atoms with Crippen molar-refractivity contribution < 1.29 is 17.1 Å². The van der Waals surface area contributed by atoms with Crippen molar-refractivity contribution in [1.82, 2.24) is 0 Å². The Morgan fingerprint density at radius 1 is 1.00 bits per heavy atom. The van der Waals surface area contributed by atoms with E-state index < -0.39 is 0 Å². The molecule has 0 bridgehead atoms. The summed E-state index contributed by atoms with van der Waals surface area (Å²) in [5.74, 6) is 0. The van der Waals surface area contributed by atoms with Crippen LogP contribution in [0.5, 0.6) is 0 Å². The van der Waals surface area contributed by atoms with Crippen LogP contribution in [0, 0.1) is 0 Å². The molecule has 0 heterocycles. The van der Waals surface area contributed by atoms with E-state index in [1.807, 2.05) is 30.3 Å². The Morgan fingerprint density at radius 3 is 2.11 bits per heavy atom. The minimum atomic E-state index is 0. The summed E-state index contributed by atoms with van der Waals surface area (Å²) >= 11 is 0. The minimum Gasteiger partial charge on any atom is -0.748 e. The Labute approximate surface area is 123 Å². The molecule has 0 aliphatic rings. The zero-order valence-electron chi connectivity index (χ0n) is 11.5. The van der Waals surface area contributed by atoms with Crippen LogP contribution in [0.1, 0.15) is 44.2 Å². The quantitative estimate of drug-likeness (QED) is 0.407. The largest absolute Gasteiger partial charge is 0.748 e. The van der Waals surface area contributed by atoms with E-state index in [0.29, 0.717) is 0 Å². The first-order valence-corrected chi connectivity index (χ1v) is 6.78. The fourth-order valence-electron chi connectivity index (χ4n) is 1.97. The minimum absolute atomic E-state index is 0. The average Bonchev–Trinajstić information content (AvgIpc) is 3.03. The Hall–Kier alpha value is -0.781. The standard InChI is InChI=1S/C12H19.C5H5.Fe/c1-3-5-6-8-12-10-7-9-11(12)4-2;1-2-4-5-3-1;/h7,9-10H,3-6,8H2,1-2H3;1-5H;/q-1;-5;. The van der Waals surface area contributed by atoms with Crippen LogP contribution in [0.25, 0.3) is 0 Å². The maximum Gasteiger partial charge on any atom is 0 e. The molecular weight excluding hydrogens is 260 g/mol. The molecule has 2 aromatic rings. The van der Waals surface area contributed by atoms with Crippen molar-refractivity contribution in [3.05, 3.63) is 59.7 Å². The summed E-state index contributed by atoms with van der Waals surface area (Å²) in [6.45, 7) is 4.49. The number of aryl methyl sites for hydroxylation is 2. The van der Waals surface area contributed by atoms with Gasteiger partial charge in [0.15, 0.2) is 0 Å². The van der Waals surface area contributed by atoms with Crippen LogP contribution in [0.3, 0.4) is 0 Å². The van der Waals surface area contributed by atoms with Gasteiger partial charge >= 0.3 is 0 Å². The smallest absolute Gasteiger partial charge is 0 e. The van der Waals surface area contributed by atoms with Gasteiger partial charge in [-0.25, -0.2) is 12.1 Å². The second kappa shape index (κ2) is 11.3. The van der Waals surface area contributed by atoms with Gasteiger partial charge in [0.1, 0.15) is 0 Å². The van der Waals surface area contributed by atoms with Crippen LogP contribution in [-0.4, -0.2) is 0 Å². The van der Waals surface area contributed by atoms with Gasteiger partial charge in [-0.15, -0.1) is 0 Å². The second-order valence-corrected chi connectivity index (χ2v) is 4.35. The molecule has 18 heavy (non-hydrogen) atoms. The molecule has 0 unspecified atom stereocenters. The summed E-state index contributed by atoms with van der Waals surface area (Å²) in [6.07, 6.45) is 6.52. The first-order valence-electron chi connectivity index (χ1n) is 6.78. The molecule has 0 radical (unpaired) electrons. The molecule has 0 spiro atoms. The zero-order valence-corrected chi connectivity index (χ0v) is 12.6. The topological polar surface area (TPSA) is 0 Å². The van der Waals surface area contributed by atoms with E-state index in [2.05, 4.69) is 32.0 Å². The molecule has 0 aliphatic carbocycles. The van der Waals surface area contributed by atoms with Gasteiger partial charge in [0, 0.05) is 17.1 Å². The molecule has 2 rings (SSSR count). The molecular formula is C17H24Fe-6. The molecule has 0 fully saturated rings. The van der Waals surface area contributed by atoms with Gasteiger partial charge in [0.05, 0.1) is 0 Å². The Kier molecular flexibility index (Phi) is 10.8. The monoisotopic (exact) mass is 284 g/mol. The fourth-order valence-corrected chi connectivity index (χ4v) is 1.97. The molecule has 2 aromatic carbocycles. The maximum absolute atomic E-state index is 2.27. The van der Waals surface area contributed by atoms with Gasteiger partial charge in [-0.3, -0.25) is 0 Å². The third-order valence-electron chi connectivity index (χ3n) is 2.99. The molecule has 0 N–H and O–H groups in total. The van der Waals surface area contributed by atoms with Gasteiger partial charge < -0.3 is 30.3 Å². The summed E-state index contributed by atoms with van der Waals surface area (Å²) in [7, 11) is 0. The number of unbranched alkanes of at least 4 members (excludes halogenated alkanes) is 2. The summed E-state index contributed by atoms with van der Waals surface area (Å²) in [5, 5.41) is 0. The third-order valence-corrected chi connectivity index (χ3v) is 2.99. The SMILES string of the molecule is CCCCC[c-]1cccc1CC.[Fe].[cH-]1[cH-][cH-][cH-][cH-]1. The van der Waals surface area contributed by atoms with Crippen LogP contribution < -0.4 is 0 Å². The van der Waals surface area contributed by atoms with Gasteiger partial charge in [-0.1, -0.05) is 46.0 Å². The first-order chi connectivity index (χ1) is 8.38. The van der Waals surface area contributed by atoms with Gasteiger partial charge in [0.2, 0.25) is 0 Å². The van der Waals surface area contributed by atoms with E-state index in [0.717, 1.165) is 0 Å². The van der Waals surface area contributed by atoms with E-state index in [9.17, 15) is 0 Å². The van der Waals surface area contributed by atoms with E-state index in [1.54, 1.807) is 11.1 Å². The van der Waals surface area contributed by atoms with Crippen LogP contribution in [0.2, 0.25) is 0 Å². The molecule has 0 amide bonds. The molecule has 0 nitrogen and oxygen atoms in total. The van der Waals surface area contributed by atoms with Crippen LogP contribution in [0.4, 0.5) is 0 Å². The van der Waals surface area contributed by atoms with E-state index in [-0.39, 0.29) is 17.1 Å². The van der Waals surface area contributed by atoms with Crippen molar-refractivity contribution in [2.24, 2.45) is 0 Å². The maximum atomic E-state index is 2.27. The molecule has 0 saturated carbocycles. The summed E-state index contributed by atoms with van der Waals surface area (Å²) in [5.41, 5.74) is 3.12. The van der Waals surface area contributed by atoms with Gasteiger partial charge in [-0.05, 0) is 0 Å². The van der Waals surface area contributed by atoms with E-state index >= 15 is 0 Å². The predicted molar refractivity (Wildman–Crippen MR) is 76.7 cm³/mol. The summed E-state index contributed by atoms with van der Waals surface area (Å²) in [6, 6.07) is 16.7. The third kappa shape index (κ3) is 6.83. The van der Waals surface area contributed by atoms with Crippen molar-refractivity contribution in [3.63, 3.8) is 0 Å². The number of hydrogen-bond acceptors (Lipinski definition) is 0. The van der Waals surface area contributed by atoms with E-state index in [1.165, 1.54) is 32.1 Å². The van der Waals surface area contributed by atoms with Crippen molar-refractivity contribution in [2.45, 2.75) is 46.0 Å². The summed E-state index contributed by atoms with van der Waals surface area (Å²) < 4.78 is 0. The molecule has 0 aromatic heterocycles. The first kappa shape index (κ1) is 17.2. The summed E-state index contributed by atoms with van der Waals surface area (Å²) in [4.78, 5) is 0. The Balaban J connectivity index is 0.000000405.